The van der Waals surface area contributed by atoms with Crippen molar-refractivity contribution in [3.63, 3.8) is 0 Å². The Morgan fingerprint density at radius 1 is 0.735 bits per heavy atom. The quantitative estimate of drug-likeness (QED) is 0.180. The second-order valence-corrected chi connectivity index (χ2v) is 15.6. The Morgan fingerprint density at radius 2 is 1.71 bits per heavy atom. The van der Waals surface area contributed by atoms with Crippen molar-refractivity contribution in [2.75, 3.05) is 0 Å². The second kappa shape index (κ2) is 10.8. The highest BCUT2D eigenvalue weighted by Crippen LogP contribution is 2.42. The molecule has 0 spiro atoms. The number of fused-ring (bicyclic) bond motifs is 10. The molecular formula is C48H36S. The summed E-state index contributed by atoms with van der Waals surface area (Å²) in [4.78, 5) is 1.44. The summed E-state index contributed by atoms with van der Waals surface area (Å²) >= 11 is 1.99. The average molecular weight is 645 g/mol. The summed E-state index contributed by atoms with van der Waals surface area (Å²) in [7, 11) is 0. The number of hydrogen-bond acceptors (Lipinski definition) is 1. The van der Waals surface area contributed by atoms with E-state index >= 15 is 0 Å². The molecular weight excluding hydrogens is 609 g/mol. The highest BCUT2D eigenvalue weighted by molar-refractivity contribution is 7.20. The molecule has 6 aliphatic rings. The average Bonchev–Trinajstić information content (AvgIpc) is 3.53. The Balaban J connectivity index is 1.02. The highest BCUT2D eigenvalue weighted by atomic mass is 32.1. The summed E-state index contributed by atoms with van der Waals surface area (Å²) in [6.07, 6.45) is 34.6. The Hall–Kier alpha value is -4.98. The summed E-state index contributed by atoms with van der Waals surface area (Å²) in [5.41, 5.74) is 13.1. The lowest BCUT2D eigenvalue weighted by Gasteiger charge is -2.26. The monoisotopic (exact) mass is 644 g/mol. The molecule has 49 heavy (non-hydrogen) atoms. The molecule has 0 N–H and O–H groups in total. The van der Waals surface area contributed by atoms with Gasteiger partial charge in [0.05, 0.1) is 0 Å². The first-order chi connectivity index (χ1) is 24.2. The number of allylic oxidation sites excluding steroid dienone is 10. The van der Waals surface area contributed by atoms with Crippen LogP contribution in [0, 0.1) is 5.92 Å². The molecule has 4 aromatic carbocycles. The number of benzene rings is 4. The Morgan fingerprint density at radius 3 is 2.71 bits per heavy atom. The maximum Gasteiger partial charge on any atom is 0.0358 e. The van der Waals surface area contributed by atoms with E-state index in [9.17, 15) is 0 Å². The van der Waals surface area contributed by atoms with Gasteiger partial charge in [0, 0.05) is 21.4 Å². The van der Waals surface area contributed by atoms with E-state index in [2.05, 4.69) is 134 Å². The third kappa shape index (κ3) is 4.35. The van der Waals surface area contributed by atoms with Gasteiger partial charge in [-0.15, -0.1) is 11.3 Å². The van der Waals surface area contributed by atoms with Crippen LogP contribution in [0.25, 0.3) is 61.9 Å². The van der Waals surface area contributed by atoms with Gasteiger partial charge in [0.1, 0.15) is 0 Å². The first-order valence-corrected chi connectivity index (χ1v) is 18.9. The fourth-order valence-electron chi connectivity index (χ4n) is 9.45. The van der Waals surface area contributed by atoms with Gasteiger partial charge in [-0.25, -0.2) is 0 Å². The zero-order valence-electron chi connectivity index (χ0n) is 27.5. The van der Waals surface area contributed by atoms with Crippen LogP contribution in [0.4, 0.5) is 0 Å². The van der Waals surface area contributed by atoms with Crippen molar-refractivity contribution in [1.29, 1.82) is 0 Å². The normalized spacial score (nSPS) is 21.1. The van der Waals surface area contributed by atoms with Crippen molar-refractivity contribution in [2.24, 2.45) is 5.92 Å². The van der Waals surface area contributed by atoms with E-state index in [1.165, 1.54) is 96.7 Å². The predicted octanol–water partition coefficient (Wildman–Crippen LogP) is 9.39. The summed E-state index contributed by atoms with van der Waals surface area (Å²) < 4.78 is 1.43. The molecule has 1 heteroatoms. The third-order valence-electron chi connectivity index (χ3n) is 11.9. The lowest BCUT2D eigenvalue weighted by molar-refractivity contribution is 0.808. The molecule has 0 radical (unpaired) electrons. The van der Waals surface area contributed by atoms with Crippen LogP contribution in [0.2, 0.25) is 0 Å². The van der Waals surface area contributed by atoms with E-state index in [-0.39, 0.29) is 0 Å². The van der Waals surface area contributed by atoms with Crippen LogP contribution in [0.15, 0.2) is 115 Å². The van der Waals surface area contributed by atoms with Gasteiger partial charge in [0.15, 0.2) is 0 Å². The van der Waals surface area contributed by atoms with Gasteiger partial charge in [0.25, 0.3) is 0 Å². The number of thiophene rings is 1. The molecule has 2 unspecified atom stereocenters. The van der Waals surface area contributed by atoms with E-state index in [0.29, 0.717) is 11.8 Å². The number of aryl methyl sites for hydroxylation is 1. The van der Waals surface area contributed by atoms with Crippen molar-refractivity contribution in [2.45, 2.75) is 44.4 Å². The molecule has 6 aliphatic carbocycles. The molecule has 1 aromatic heterocycles. The molecule has 0 saturated carbocycles. The van der Waals surface area contributed by atoms with E-state index in [1.54, 1.807) is 0 Å². The van der Waals surface area contributed by atoms with E-state index in [0.717, 1.165) is 38.5 Å². The first kappa shape index (κ1) is 27.9. The standard InChI is InChI=1S/C48H36S/c1-3-11-37-29(7-1)15-17-33-23-31-9-5-13-39(43(31)27-45(33)37)35-19-21-41-42-22-20-36(26-48(42)49-47(41)25-35)40-14-6-10-32-24-34-18-16-30-8-2-4-12-38(30)46(34)28-44(32)40/h1-5,7-11,13,16-18,20,22-29,38H,6,12,14-15,19,21H2. The zero-order chi connectivity index (χ0) is 32.1. The van der Waals surface area contributed by atoms with Crippen LogP contribution in [-0.2, 0) is 6.42 Å². The molecule has 5 aromatic rings. The summed E-state index contributed by atoms with van der Waals surface area (Å²) in [5, 5.41) is 9.82. The first-order valence-electron chi connectivity index (χ1n) is 18.1. The lowest BCUT2D eigenvalue weighted by atomic mass is 9.78. The number of hydrogen-bond donors (Lipinski definition) is 0. The molecule has 0 bridgehead atoms. The fraction of sp³-hybridized carbons (Fsp3) is 0.167. The summed E-state index contributed by atoms with van der Waals surface area (Å²) in [5.74, 6) is 0.982. The van der Waals surface area contributed by atoms with Gasteiger partial charge >= 0.3 is 0 Å². The third-order valence-corrected chi connectivity index (χ3v) is 13.1. The van der Waals surface area contributed by atoms with Crippen LogP contribution in [0.5, 0.6) is 0 Å². The van der Waals surface area contributed by atoms with Gasteiger partial charge in [-0.1, -0.05) is 97.2 Å². The van der Waals surface area contributed by atoms with Crippen LogP contribution in [0.3, 0.4) is 0 Å². The molecule has 0 nitrogen and oxygen atoms in total. The van der Waals surface area contributed by atoms with Crippen molar-refractivity contribution in [1.82, 2.24) is 0 Å². The van der Waals surface area contributed by atoms with Crippen LogP contribution in [-0.4, -0.2) is 0 Å². The van der Waals surface area contributed by atoms with E-state index in [1.807, 2.05) is 11.3 Å². The highest BCUT2D eigenvalue weighted by Gasteiger charge is 2.24. The molecule has 234 valence electrons. The van der Waals surface area contributed by atoms with Gasteiger partial charge < -0.3 is 0 Å². The Labute approximate surface area is 290 Å². The molecule has 1 heterocycles. The summed E-state index contributed by atoms with van der Waals surface area (Å²) in [6.45, 7) is 0. The van der Waals surface area contributed by atoms with Crippen molar-refractivity contribution >= 4 is 73.2 Å². The molecule has 11 rings (SSSR count). The maximum absolute atomic E-state index is 2.54. The smallest absolute Gasteiger partial charge is 0.0358 e. The van der Waals surface area contributed by atoms with E-state index < -0.39 is 0 Å². The number of rotatable bonds is 2. The van der Waals surface area contributed by atoms with Gasteiger partial charge in [-0.05, 0) is 162 Å². The van der Waals surface area contributed by atoms with Crippen LogP contribution < -0.4 is 20.9 Å². The predicted molar refractivity (Wildman–Crippen MR) is 211 cm³/mol. The van der Waals surface area contributed by atoms with Gasteiger partial charge in [-0.2, -0.15) is 0 Å². The zero-order valence-corrected chi connectivity index (χ0v) is 28.3. The largest absolute Gasteiger partial charge is 0.136 e. The second-order valence-electron chi connectivity index (χ2n) is 14.5. The van der Waals surface area contributed by atoms with Crippen molar-refractivity contribution in [3.8, 4) is 0 Å². The van der Waals surface area contributed by atoms with Crippen LogP contribution >= 0.6 is 11.3 Å². The van der Waals surface area contributed by atoms with E-state index in [4.69, 9.17) is 0 Å². The topological polar surface area (TPSA) is 0 Å². The SMILES string of the molecule is C1=CCC2C(=C1)C=Cc1cc3c(cc12)=C(c1ccc2c4c(sc2c1)C=C(c1cccc2cc5c(cc12)=C1C=CC=CC1CC=5)CC4)CCC=3. The van der Waals surface area contributed by atoms with Gasteiger partial charge in [-0.3, -0.25) is 0 Å². The maximum atomic E-state index is 2.54. The Kier molecular flexibility index (Phi) is 6.13. The molecule has 0 amide bonds. The minimum atomic E-state index is 0.480. The van der Waals surface area contributed by atoms with Crippen LogP contribution in [0.1, 0.15) is 70.7 Å². The molecule has 0 aliphatic heterocycles. The Bertz CT molecular complexity index is 2770. The van der Waals surface area contributed by atoms with Crippen molar-refractivity contribution in [3.05, 3.63) is 168 Å². The minimum Gasteiger partial charge on any atom is -0.136 e. The van der Waals surface area contributed by atoms with Crippen molar-refractivity contribution < 1.29 is 0 Å². The fourth-order valence-corrected chi connectivity index (χ4v) is 10.7. The molecule has 2 atom stereocenters. The molecule has 0 saturated heterocycles. The lowest BCUT2D eigenvalue weighted by Crippen LogP contribution is -2.32. The molecule has 0 fully saturated rings. The summed E-state index contributed by atoms with van der Waals surface area (Å²) in [6, 6.07) is 24.1. The van der Waals surface area contributed by atoms with Gasteiger partial charge in [0.2, 0.25) is 0 Å². The minimum absolute atomic E-state index is 0.480.